The molecular formula is C14H20O2. The van der Waals surface area contributed by atoms with Gasteiger partial charge in [-0.05, 0) is 29.9 Å². The van der Waals surface area contributed by atoms with Gasteiger partial charge in [-0.2, -0.15) is 0 Å². The summed E-state index contributed by atoms with van der Waals surface area (Å²) in [5.41, 5.74) is 2.88. The number of phenolic OH excluding ortho intramolecular Hbond substituents is 1. The average molecular weight is 220 g/mol. The summed E-state index contributed by atoms with van der Waals surface area (Å²) >= 11 is 0. The highest BCUT2D eigenvalue weighted by Gasteiger charge is 2.20. The second-order valence-corrected chi connectivity index (χ2v) is 5.28. The van der Waals surface area contributed by atoms with Crippen LogP contribution in [0.3, 0.4) is 0 Å². The Kier molecular flexibility index (Phi) is 3.74. The van der Waals surface area contributed by atoms with Crippen LogP contribution in [0.1, 0.15) is 43.9 Å². The van der Waals surface area contributed by atoms with Gasteiger partial charge in [0, 0.05) is 6.42 Å². The maximum Gasteiger partial charge on any atom is 0.122 e. The molecule has 0 saturated carbocycles. The molecule has 0 saturated heterocycles. The topological polar surface area (TPSA) is 37.3 Å². The van der Waals surface area contributed by atoms with Crippen molar-refractivity contribution < 1.29 is 9.90 Å². The molecule has 0 atom stereocenters. The number of aldehydes is 1. The second-order valence-electron chi connectivity index (χ2n) is 5.28. The van der Waals surface area contributed by atoms with Crippen molar-refractivity contribution in [3.05, 3.63) is 28.8 Å². The molecule has 0 aromatic heterocycles. The number of phenols is 1. The number of aromatic hydroxyl groups is 1. The molecule has 0 unspecified atom stereocenters. The molecule has 0 bridgehead atoms. The molecule has 0 heterocycles. The average Bonchev–Trinajstić information content (AvgIpc) is 2.17. The van der Waals surface area contributed by atoms with Crippen molar-refractivity contribution in [2.45, 2.75) is 46.0 Å². The second kappa shape index (κ2) is 4.69. The predicted molar refractivity (Wildman–Crippen MR) is 65.9 cm³/mol. The smallest absolute Gasteiger partial charge is 0.122 e. The molecule has 1 rings (SSSR count). The van der Waals surface area contributed by atoms with Crippen molar-refractivity contribution >= 4 is 6.29 Å². The van der Waals surface area contributed by atoms with Gasteiger partial charge in [0.25, 0.3) is 0 Å². The fourth-order valence-electron chi connectivity index (χ4n) is 1.83. The standard InChI is InChI=1S/C14H20O2/c1-10-8-11(6-5-7-15)13(16)12(9-10)14(2,3)4/h7-9,16H,5-6H2,1-4H3. The third kappa shape index (κ3) is 2.84. The van der Waals surface area contributed by atoms with Gasteiger partial charge in [0.05, 0.1) is 0 Å². The van der Waals surface area contributed by atoms with E-state index < -0.39 is 0 Å². The maximum atomic E-state index is 10.4. The van der Waals surface area contributed by atoms with E-state index in [4.69, 9.17) is 0 Å². The van der Waals surface area contributed by atoms with Gasteiger partial charge in [0.15, 0.2) is 0 Å². The Labute approximate surface area is 97.3 Å². The molecule has 2 nitrogen and oxygen atoms in total. The molecule has 88 valence electrons. The molecule has 0 aliphatic carbocycles. The lowest BCUT2D eigenvalue weighted by Crippen LogP contribution is -2.12. The van der Waals surface area contributed by atoms with Crippen molar-refractivity contribution in [3.63, 3.8) is 0 Å². The van der Waals surface area contributed by atoms with E-state index in [-0.39, 0.29) is 5.41 Å². The summed E-state index contributed by atoms with van der Waals surface area (Å²) in [5.74, 6) is 0.347. The molecule has 2 heteroatoms. The van der Waals surface area contributed by atoms with Crippen LogP contribution in [0.4, 0.5) is 0 Å². The molecule has 0 amide bonds. The minimum Gasteiger partial charge on any atom is -0.507 e. The quantitative estimate of drug-likeness (QED) is 0.795. The summed E-state index contributed by atoms with van der Waals surface area (Å²) < 4.78 is 0. The van der Waals surface area contributed by atoms with E-state index in [1.54, 1.807) is 0 Å². The highest BCUT2D eigenvalue weighted by Crippen LogP contribution is 2.34. The number of hydrogen-bond acceptors (Lipinski definition) is 2. The third-order valence-corrected chi connectivity index (χ3v) is 2.67. The van der Waals surface area contributed by atoms with Crippen molar-refractivity contribution in [3.8, 4) is 5.75 Å². The highest BCUT2D eigenvalue weighted by molar-refractivity contribution is 5.52. The fourth-order valence-corrected chi connectivity index (χ4v) is 1.83. The number of hydrogen-bond donors (Lipinski definition) is 1. The fraction of sp³-hybridized carbons (Fsp3) is 0.500. The number of carbonyl (C=O) groups excluding carboxylic acids is 1. The van der Waals surface area contributed by atoms with E-state index in [1.807, 2.05) is 19.1 Å². The maximum absolute atomic E-state index is 10.4. The van der Waals surface area contributed by atoms with E-state index in [1.165, 1.54) is 0 Å². The molecule has 1 N–H and O–H groups in total. The zero-order valence-corrected chi connectivity index (χ0v) is 10.5. The first-order chi connectivity index (χ1) is 7.36. The lowest BCUT2D eigenvalue weighted by atomic mass is 9.83. The Bertz CT molecular complexity index is 386. The highest BCUT2D eigenvalue weighted by atomic mass is 16.3. The van der Waals surface area contributed by atoms with Gasteiger partial charge < -0.3 is 9.90 Å². The zero-order valence-electron chi connectivity index (χ0n) is 10.5. The minimum atomic E-state index is -0.0773. The minimum absolute atomic E-state index is 0.0773. The Morgan fingerprint density at radius 3 is 2.44 bits per heavy atom. The molecule has 0 aliphatic heterocycles. The molecule has 0 aliphatic rings. The number of benzene rings is 1. The summed E-state index contributed by atoms with van der Waals surface area (Å²) in [4.78, 5) is 10.4. The summed E-state index contributed by atoms with van der Waals surface area (Å²) in [5, 5.41) is 10.2. The van der Waals surface area contributed by atoms with Crippen molar-refractivity contribution in [2.75, 3.05) is 0 Å². The molecule has 16 heavy (non-hydrogen) atoms. The van der Waals surface area contributed by atoms with Gasteiger partial charge in [0.2, 0.25) is 0 Å². The predicted octanol–water partition coefficient (Wildman–Crippen LogP) is 3.13. The summed E-state index contributed by atoms with van der Waals surface area (Å²) in [6.45, 7) is 8.24. The van der Waals surface area contributed by atoms with E-state index in [9.17, 15) is 9.90 Å². The van der Waals surface area contributed by atoms with Gasteiger partial charge in [-0.3, -0.25) is 0 Å². The lowest BCUT2D eigenvalue weighted by Gasteiger charge is -2.22. The first-order valence-corrected chi connectivity index (χ1v) is 5.63. The van der Waals surface area contributed by atoms with Gasteiger partial charge in [0.1, 0.15) is 12.0 Å². The summed E-state index contributed by atoms with van der Waals surface area (Å²) in [6, 6.07) is 3.97. The molecule has 0 spiro atoms. The number of carbonyl (C=O) groups is 1. The Hall–Kier alpha value is -1.31. The van der Waals surface area contributed by atoms with Crippen LogP contribution in [0.5, 0.6) is 5.75 Å². The summed E-state index contributed by atoms with van der Waals surface area (Å²) in [6.07, 6.45) is 1.96. The van der Waals surface area contributed by atoms with Crippen molar-refractivity contribution in [1.82, 2.24) is 0 Å². The monoisotopic (exact) mass is 220 g/mol. The van der Waals surface area contributed by atoms with Crippen LogP contribution in [-0.2, 0) is 16.6 Å². The van der Waals surface area contributed by atoms with Crippen LogP contribution >= 0.6 is 0 Å². The van der Waals surface area contributed by atoms with Gasteiger partial charge in [-0.25, -0.2) is 0 Å². The molecular weight excluding hydrogens is 200 g/mol. The normalized spacial score (nSPS) is 11.5. The third-order valence-electron chi connectivity index (χ3n) is 2.67. The van der Waals surface area contributed by atoms with Crippen LogP contribution in [-0.4, -0.2) is 11.4 Å². The van der Waals surface area contributed by atoms with E-state index in [2.05, 4.69) is 20.8 Å². The SMILES string of the molecule is Cc1cc(CCC=O)c(O)c(C(C)(C)C)c1. The first-order valence-electron chi connectivity index (χ1n) is 5.63. The molecule has 0 fully saturated rings. The Balaban J connectivity index is 3.21. The van der Waals surface area contributed by atoms with E-state index in [0.717, 1.165) is 23.0 Å². The van der Waals surface area contributed by atoms with Crippen molar-refractivity contribution in [1.29, 1.82) is 0 Å². The van der Waals surface area contributed by atoms with Crippen LogP contribution in [0, 0.1) is 6.92 Å². The van der Waals surface area contributed by atoms with Gasteiger partial charge >= 0.3 is 0 Å². The zero-order chi connectivity index (χ0) is 12.3. The summed E-state index contributed by atoms with van der Waals surface area (Å²) in [7, 11) is 0. The molecule has 0 radical (unpaired) electrons. The largest absolute Gasteiger partial charge is 0.507 e. The Morgan fingerprint density at radius 2 is 1.94 bits per heavy atom. The first kappa shape index (κ1) is 12.8. The van der Waals surface area contributed by atoms with E-state index >= 15 is 0 Å². The van der Waals surface area contributed by atoms with Crippen LogP contribution in [0.15, 0.2) is 12.1 Å². The molecule has 1 aromatic carbocycles. The van der Waals surface area contributed by atoms with Gasteiger partial charge in [-0.15, -0.1) is 0 Å². The Morgan fingerprint density at radius 1 is 1.31 bits per heavy atom. The van der Waals surface area contributed by atoms with Crippen LogP contribution in [0.2, 0.25) is 0 Å². The van der Waals surface area contributed by atoms with Crippen LogP contribution in [0.25, 0.3) is 0 Å². The van der Waals surface area contributed by atoms with E-state index in [0.29, 0.717) is 18.6 Å². The molecule has 1 aromatic rings. The van der Waals surface area contributed by atoms with Crippen LogP contribution < -0.4 is 0 Å². The lowest BCUT2D eigenvalue weighted by molar-refractivity contribution is -0.107. The number of rotatable bonds is 3. The van der Waals surface area contributed by atoms with Crippen molar-refractivity contribution in [2.24, 2.45) is 0 Å². The number of aryl methyl sites for hydroxylation is 2. The van der Waals surface area contributed by atoms with Gasteiger partial charge in [-0.1, -0.05) is 38.5 Å².